The SMILES string of the molecule is Cc1cnccc1CNCc1ncc(Br)cc1Br. The van der Waals surface area contributed by atoms with E-state index in [0.717, 1.165) is 27.7 Å². The molecule has 94 valence electrons. The van der Waals surface area contributed by atoms with E-state index in [4.69, 9.17) is 0 Å². The van der Waals surface area contributed by atoms with Gasteiger partial charge in [-0.3, -0.25) is 9.97 Å². The van der Waals surface area contributed by atoms with Gasteiger partial charge in [0, 0.05) is 40.6 Å². The Balaban J connectivity index is 1.95. The minimum atomic E-state index is 0.732. The van der Waals surface area contributed by atoms with Crippen molar-refractivity contribution in [1.29, 1.82) is 0 Å². The highest BCUT2D eigenvalue weighted by molar-refractivity contribution is 9.11. The van der Waals surface area contributed by atoms with Crippen LogP contribution in [0.2, 0.25) is 0 Å². The van der Waals surface area contributed by atoms with Crippen molar-refractivity contribution in [3.8, 4) is 0 Å². The van der Waals surface area contributed by atoms with E-state index in [9.17, 15) is 0 Å². The molecule has 2 aromatic heterocycles. The predicted octanol–water partition coefficient (Wildman–Crippen LogP) is 3.60. The third-order valence-electron chi connectivity index (χ3n) is 2.63. The lowest BCUT2D eigenvalue weighted by atomic mass is 10.1. The highest BCUT2D eigenvalue weighted by Gasteiger charge is 2.03. The molecule has 0 saturated carbocycles. The molecule has 0 amide bonds. The van der Waals surface area contributed by atoms with Crippen molar-refractivity contribution in [2.45, 2.75) is 20.0 Å². The molecule has 18 heavy (non-hydrogen) atoms. The van der Waals surface area contributed by atoms with E-state index in [1.165, 1.54) is 11.1 Å². The molecule has 0 spiro atoms. The van der Waals surface area contributed by atoms with Crippen molar-refractivity contribution in [3.63, 3.8) is 0 Å². The third kappa shape index (κ3) is 3.60. The quantitative estimate of drug-likeness (QED) is 0.893. The Morgan fingerprint density at radius 2 is 2.06 bits per heavy atom. The largest absolute Gasteiger partial charge is 0.307 e. The second kappa shape index (κ2) is 6.41. The molecule has 2 heterocycles. The van der Waals surface area contributed by atoms with E-state index < -0.39 is 0 Å². The smallest absolute Gasteiger partial charge is 0.0684 e. The maximum absolute atomic E-state index is 4.36. The summed E-state index contributed by atoms with van der Waals surface area (Å²) in [6.45, 7) is 3.62. The number of halogens is 2. The molecule has 2 aromatic rings. The van der Waals surface area contributed by atoms with Crippen LogP contribution < -0.4 is 5.32 Å². The van der Waals surface area contributed by atoms with Crippen LogP contribution in [0.1, 0.15) is 16.8 Å². The molecule has 2 rings (SSSR count). The van der Waals surface area contributed by atoms with Gasteiger partial charge in [-0.1, -0.05) is 0 Å². The summed E-state index contributed by atoms with van der Waals surface area (Å²) < 4.78 is 1.99. The molecule has 0 unspecified atom stereocenters. The summed E-state index contributed by atoms with van der Waals surface area (Å²) in [5.74, 6) is 0. The maximum Gasteiger partial charge on any atom is 0.0684 e. The minimum absolute atomic E-state index is 0.732. The van der Waals surface area contributed by atoms with Crippen LogP contribution in [0.25, 0.3) is 0 Å². The number of nitrogens with zero attached hydrogens (tertiary/aromatic N) is 2. The molecule has 0 fully saturated rings. The van der Waals surface area contributed by atoms with Crippen molar-refractivity contribution >= 4 is 31.9 Å². The van der Waals surface area contributed by atoms with E-state index in [2.05, 4.69) is 54.1 Å². The summed E-state index contributed by atoms with van der Waals surface area (Å²) >= 11 is 6.90. The molecule has 0 atom stereocenters. The molecule has 3 nitrogen and oxygen atoms in total. The fourth-order valence-electron chi connectivity index (χ4n) is 1.59. The molecule has 0 aliphatic carbocycles. The highest BCUT2D eigenvalue weighted by atomic mass is 79.9. The summed E-state index contributed by atoms with van der Waals surface area (Å²) in [4.78, 5) is 8.44. The van der Waals surface area contributed by atoms with Crippen molar-refractivity contribution < 1.29 is 0 Å². The maximum atomic E-state index is 4.36. The van der Waals surface area contributed by atoms with E-state index in [0.29, 0.717) is 0 Å². The van der Waals surface area contributed by atoms with E-state index in [1.807, 2.05) is 24.5 Å². The molecule has 0 radical (unpaired) electrons. The predicted molar refractivity (Wildman–Crippen MR) is 79.2 cm³/mol. The first-order chi connectivity index (χ1) is 8.66. The zero-order valence-corrected chi connectivity index (χ0v) is 13.1. The minimum Gasteiger partial charge on any atom is -0.307 e. The first-order valence-electron chi connectivity index (χ1n) is 5.57. The zero-order valence-electron chi connectivity index (χ0n) is 9.95. The Morgan fingerprint density at radius 3 is 2.78 bits per heavy atom. The van der Waals surface area contributed by atoms with Crippen molar-refractivity contribution in [2.24, 2.45) is 0 Å². The van der Waals surface area contributed by atoms with Crippen LogP contribution in [0.3, 0.4) is 0 Å². The molecule has 0 aliphatic heterocycles. The van der Waals surface area contributed by atoms with Crippen LogP contribution in [-0.4, -0.2) is 9.97 Å². The fraction of sp³-hybridized carbons (Fsp3) is 0.231. The number of rotatable bonds is 4. The van der Waals surface area contributed by atoms with Gasteiger partial charge in [0.1, 0.15) is 0 Å². The van der Waals surface area contributed by atoms with Crippen LogP contribution in [0.4, 0.5) is 0 Å². The highest BCUT2D eigenvalue weighted by Crippen LogP contribution is 2.19. The normalized spacial score (nSPS) is 10.6. The second-order valence-corrected chi connectivity index (χ2v) is 5.76. The molecular weight excluding hydrogens is 358 g/mol. The molecule has 5 heteroatoms. The van der Waals surface area contributed by atoms with Gasteiger partial charge in [-0.2, -0.15) is 0 Å². The Hall–Kier alpha value is -0.780. The number of nitrogens with one attached hydrogen (secondary N) is 1. The van der Waals surface area contributed by atoms with Gasteiger partial charge in [-0.05, 0) is 62.0 Å². The summed E-state index contributed by atoms with van der Waals surface area (Å²) in [6.07, 6.45) is 5.50. The number of pyridine rings is 2. The molecule has 0 aromatic carbocycles. The lowest BCUT2D eigenvalue weighted by Gasteiger charge is -2.08. The lowest BCUT2D eigenvalue weighted by Crippen LogP contribution is -2.14. The first kappa shape index (κ1) is 13.6. The van der Waals surface area contributed by atoms with Crippen molar-refractivity contribution in [1.82, 2.24) is 15.3 Å². The number of hydrogen-bond donors (Lipinski definition) is 1. The van der Waals surface area contributed by atoms with Crippen LogP contribution in [0.15, 0.2) is 39.7 Å². The average Bonchev–Trinajstić information content (AvgIpc) is 2.34. The molecule has 0 saturated heterocycles. The van der Waals surface area contributed by atoms with Crippen LogP contribution in [0.5, 0.6) is 0 Å². The van der Waals surface area contributed by atoms with Gasteiger partial charge >= 0.3 is 0 Å². The topological polar surface area (TPSA) is 37.8 Å². The Kier molecular flexibility index (Phi) is 4.86. The third-order valence-corrected chi connectivity index (χ3v) is 3.75. The fourth-order valence-corrected chi connectivity index (χ4v) is 2.72. The van der Waals surface area contributed by atoms with Gasteiger partial charge in [0.2, 0.25) is 0 Å². The van der Waals surface area contributed by atoms with Crippen LogP contribution in [-0.2, 0) is 13.1 Å². The van der Waals surface area contributed by atoms with E-state index >= 15 is 0 Å². The summed E-state index contributed by atoms with van der Waals surface area (Å²) in [5, 5.41) is 3.38. The molecular formula is C13H13Br2N3. The van der Waals surface area contributed by atoms with E-state index in [-0.39, 0.29) is 0 Å². The van der Waals surface area contributed by atoms with Gasteiger partial charge in [0.15, 0.2) is 0 Å². The average molecular weight is 371 g/mol. The molecule has 0 aliphatic rings. The lowest BCUT2D eigenvalue weighted by molar-refractivity contribution is 0.674. The molecule has 1 N–H and O–H groups in total. The molecule has 0 bridgehead atoms. The second-order valence-electron chi connectivity index (χ2n) is 3.99. The monoisotopic (exact) mass is 369 g/mol. The Morgan fingerprint density at radius 1 is 1.22 bits per heavy atom. The van der Waals surface area contributed by atoms with Crippen LogP contribution in [0, 0.1) is 6.92 Å². The number of aromatic nitrogens is 2. The Bertz CT molecular complexity index is 544. The van der Waals surface area contributed by atoms with Crippen molar-refractivity contribution in [3.05, 3.63) is 56.5 Å². The summed E-state index contributed by atoms with van der Waals surface area (Å²) in [5.41, 5.74) is 3.47. The van der Waals surface area contributed by atoms with Crippen molar-refractivity contribution in [2.75, 3.05) is 0 Å². The van der Waals surface area contributed by atoms with Gasteiger partial charge in [0.25, 0.3) is 0 Å². The summed E-state index contributed by atoms with van der Waals surface area (Å²) in [6, 6.07) is 4.04. The van der Waals surface area contributed by atoms with Crippen LogP contribution >= 0.6 is 31.9 Å². The number of aryl methyl sites for hydroxylation is 1. The zero-order chi connectivity index (χ0) is 13.0. The van der Waals surface area contributed by atoms with Gasteiger partial charge in [-0.15, -0.1) is 0 Å². The Labute approximate surface area is 123 Å². The van der Waals surface area contributed by atoms with E-state index in [1.54, 1.807) is 6.20 Å². The van der Waals surface area contributed by atoms with Gasteiger partial charge in [0.05, 0.1) is 5.69 Å². The van der Waals surface area contributed by atoms with Gasteiger partial charge in [-0.25, -0.2) is 0 Å². The standard InChI is InChI=1S/C13H13Br2N3/c1-9-5-16-3-2-10(9)6-17-8-13-12(15)4-11(14)7-18-13/h2-5,7,17H,6,8H2,1H3. The van der Waals surface area contributed by atoms with Gasteiger partial charge < -0.3 is 5.32 Å². The number of hydrogen-bond acceptors (Lipinski definition) is 3. The first-order valence-corrected chi connectivity index (χ1v) is 7.15. The summed E-state index contributed by atoms with van der Waals surface area (Å²) in [7, 11) is 0.